The van der Waals surface area contributed by atoms with Crippen molar-refractivity contribution in [1.29, 1.82) is 0 Å². The van der Waals surface area contributed by atoms with Crippen molar-refractivity contribution in [3.05, 3.63) is 64.2 Å². The third kappa shape index (κ3) is 3.07. The van der Waals surface area contributed by atoms with E-state index in [0.717, 1.165) is 22.6 Å². The van der Waals surface area contributed by atoms with Crippen LogP contribution in [0.4, 0.5) is 5.69 Å². The van der Waals surface area contributed by atoms with Crippen molar-refractivity contribution < 1.29 is 17.3 Å². The summed E-state index contributed by atoms with van der Waals surface area (Å²) >= 11 is 6.35. The summed E-state index contributed by atoms with van der Waals surface area (Å²) in [5.74, 6) is 0.830. The van der Waals surface area contributed by atoms with E-state index in [9.17, 15) is 8.42 Å². The lowest BCUT2D eigenvalue weighted by molar-refractivity contribution is 0.281. The minimum atomic E-state index is -4.65. The number of oxime groups is 1. The van der Waals surface area contributed by atoms with Crippen LogP contribution in [-0.4, -0.2) is 31.1 Å². The molecule has 2 heterocycles. The topological polar surface area (TPSA) is 91.6 Å². The molecule has 0 radical (unpaired) electrons. The zero-order chi connectivity index (χ0) is 18.3. The summed E-state index contributed by atoms with van der Waals surface area (Å²) in [4.78, 5) is 6.75. The molecule has 4 rings (SSSR count). The first-order valence-electron chi connectivity index (χ1n) is 7.86. The molecule has 0 saturated carbocycles. The first kappa shape index (κ1) is 17.0. The number of benzene rings is 2. The second-order valence-corrected chi connectivity index (χ2v) is 7.28. The summed E-state index contributed by atoms with van der Waals surface area (Å²) in [5, 5.41) is 4.21. The highest BCUT2D eigenvalue weighted by Gasteiger charge is 2.32. The summed E-state index contributed by atoms with van der Waals surface area (Å²) in [6.07, 6.45) is 0.426. The van der Waals surface area contributed by atoms with Gasteiger partial charge in [0, 0.05) is 34.7 Å². The SMILES string of the molecule is O=S(=O)(O)O/N=C1\CCN2C(c3ccccc3)=NCc3c(Cl)ccc1c32. The minimum Gasteiger partial charge on any atom is -0.325 e. The van der Waals surface area contributed by atoms with Crippen molar-refractivity contribution in [1.82, 2.24) is 0 Å². The van der Waals surface area contributed by atoms with E-state index >= 15 is 0 Å². The van der Waals surface area contributed by atoms with Crippen LogP contribution in [0.15, 0.2) is 52.6 Å². The summed E-state index contributed by atoms with van der Waals surface area (Å²) in [6, 6.07) is 13.3. The van der Waals surface area contributed by atoms with Gasteiger partial charge >= 0.3 is 10.4 Å². The summed E-state index contributed by atoms with van der Waals surface area (Å²) < 4.78 is 34.7. The van der Waals surface area contributed by atoms with Crippen molar-refractivity contribution in [2.75, 3.05) is 11.4 Å². The fourth-order valence-corrected chi connectivity index (χ4v) is 3.64. The Morgan fingerprint density at radius 3 is 2.69 bits per heavy atom. The molecule has 2 aliphatic heterocycles. The predicted molar refractivity (Wildman–Crippen MR) is 99.3 cm³/mol. The Balaban J connectivity index is 1.82. The van der Waals surface area contributed by atoms with Gasteiger partial charge in [-0.3, -0.25) is 9.55 Å². The van der Waals surface area contributed by atoms with Crippen molar-refractivity contribution >= 4 is 39.2 Å². The van der Waals surface area contributed by atoms with E-state index in [1.165, 1.54) is 0 Å². The van der Waals surface area contributed by atoms with Gasteiger partial charge in [0.25, 0.3) is 0 Å². The maximum absolute atomic E-state index is 10.9. The van der Waals surface area contributed by atoms with E-state index in [1.54, 1.807) is 12.1 Å². The zero-order valence-electron chi connectivity index (χ0n) is 13.5. The Morgan fingerprint density at radius 2 is 1.96 bits per heavy atom. The molecule has 0 aliphatic carbocycles. The van der Waals surface area contributed by atoms with Gasteiger partial charge in [-0.2, -0.15) is 8.42 Å². The fraction of sp³-hybridized carbons (Fsp3) is 0.176. The first-order valence-corrected chi connectivity index (χ1v) is 9.60. The predicted octanol–water partition coefficient (Wildman–Crippen LogP) is 3.03. The molecular formula is C17H14ClN3O4S. The molecule has 2 aromatic carbocycles. The molecule has 2 aliphatic rings. The molecule has 0 unspecified atom stereocenters. The maximum atomic E-state index is 10.9. The summed E-state index contributed by atoms with van der Waals surface area (Å²) in [5.41, 5.74) is 3.82. The normalized spacial score (nSPS) is 17.7. The third-order valence-corrected chi connectivity index (χ3v) is 4.91. The van der Waals surface area contributed by atoms with Gasteiger partial charge in [-0.05, 0) is 12.1 Å². The number of rotatable bonds is 3. The van der Waals surface area contributed by atoms with Gasteiger partial charge in [-0.1, -0.05) is 47.1 Å². The van der Waals surface area contributed by atoms with Crippen LogP contribution in [0.2, 0.25) is 5.02 Å². The number of amidine groups is 1. The molecule has 26 heavy (non-hydrogen) atoms. The Labute approximate surface area is 155 Å². The highest BCUT2D eigenvalue weighted by Crippen LogP contribution is 2.39. The van der Waals surface area contributed by atoms with Crippen molar-refractivity contribution in [3.63, 3.8) is 0 Å². The van der Waals surface area contributed by atoms with E-state index in [1.807, 2.05) is 30.3 Å². The molecular weight excluding hydrogens is 378 g/mol. The standard InChI is InChI=1S/C17H14ClN3O4S/c18-14-7-6-12-15(20-25-26(22,23)24)8-9-21-16(12)13(14)10-19-17(21)11-4-2-1-3-5-11/h1-7H,8-10H2,(H,22,23,24)/b20-15+. The number of halogens is 1. The van der Waals surface area contributed by atoms with Gasteiger partial charge in [0.15, 0.2) is 0 Å². The quantitative estimate of drug-likeness (QED) is 0.641. The lowest BCUT2D eigenvalue weighted by Gasteiger charge is -2.37. The molecule has 7 nitrogen and oxygen atoms in total. The lowest BCUT2D eigenvalue weighted by atomic mass is 9.93. The Bertz CT molecular complexity index is 1040. The van der Waals surface area contributed by atoms with E-state index in [4.69, 9.17) is 21.1 Å². The molecule has 0 spiro atoms. The summed E-state index contributed by atoms with van der Waals surface area (Å²) in [6.45, 7) is 0.941. The monoisotopic (exact) mass is 391 g/mol. The van der Waals surface area contributed by atoms with E-state index in [0.29, 0.717) is 35.8 Å². The van der Waals surface area contributed by atoms with Crippen molar-refractivity contribution in [2.45, 2.75) is 13.0 Å². The van der Waals surface area contributed by atoms with Crippen LogP contribution in [0.1, 0.15) is 23.1 Å². The van der Waals surface area contributed by atoms with E-state index in [-0.39, 0.29) is 0 Å². The van der Waals surface area contributed by atoms with Crippen LogP contribution in [-0.2, 0) is 21.2 Å². The molecule has 134 valence electrons. The first-order chi connectivity index (χ1) is 12.4. The molecule has 0 atom stereocenters. The number of anilines is 1. The summed E-state index contributed by atoms with van der Waals surface area (Å²) in [7, 11) is -4.65. The maximum Gasteiger partial charge on any atom is 0.466 e. The molecule has 1 N–H and O–H groups in total. The number of nitrogens with zero attached hydrogens (tertiary/aromatic N) is 3. The van der Waals surface area contributed by atoms with Gasteiger partial charge in [0.05, 0.1) is 17.9 Å². The zero-order valence-corrected chi connectivity index (χ0v) is 15.0. The molecule has 0 saturated heterocycles. The smallest absolute Gasteiger partial charge is 0.325 e. The average molecular weight is 392 g/mol. The molecule has 0 fully saturated rings. The van der Waals surface area contributed by atoms with Crippen LogP contribution in [0.25, 0.3) is 0 Å². The van der Waals surface area contributed by atoms with Crippen LogP contribution >= 0.6 is 11.6 Å². The molecule has 9 heteroatoms. The van der Waals surface area contributed by atoms with Gasteiger partial charge in [-0.25, -0.2) is 4.28 Å². The van der Waals surface area contributed by atoms with Crippen LogP contribution in [0.3, 0.4) is 0 Å². The Morgan fingerprint density at radius 1 is 1.19 bits per heavy atom. The van der Waals surface area contributed by atoms with Gasteiger partial charge in [0.1, 0.15) is 5.84 Å². The lowest BCUT2D eigenvalue weighted by Crippen LogP contribution is -2.41. The molecule has 0 bridgehead atoms. The number of hydrogen-bond acceptors (Lipinski definition) is 6. The second-order valence-electron chi connectivity index (χ2n) is 5.87. The Hall–Kier alpha value is -2.42. The van der Waals surface area contributed by atoms with E-state index < -0.39 is 10.4 Å². The largest absolute Gasteiger partial charge is 0.466 e. The fourth-order valence-electron chi connectivity index (χ4n) is 3.24. The van der Waals surface area contributed by atoms with Gasteiger partial charge in [-0.15, -0.1) is 0 Å². The van der Waals surface area contributed by atoms with Gasteiger partial charge < -0.3 is 4.90 Å². The molecule has 2 aromatic rings. The average Bonchev–Trinajstić information content (AvgIpc) is 2.63. The van der Waals surface area contributed by atoms with Gasteiger partial charge in [0.2, 0.25) is 0 Å². The number of aliphatic imine (C=N–C) groups is 1. The highest BCUT2D eigenvalue weighted by atomic mass is 35.5. The highest BCUT2D eigenvalue weighted by molar-refractivity contribution is 7.80. The van der Waals surface area contributed by atoms with Crippen molar-refractivity contribution in [2.24, 2.45) is 10.1 Å². The third-order valence-electron chi connectivity index (χ3n) is 4.29. The molecule has 0 amide bonds. The van der Waals surface area contributed by atoms with Crippen LogP contribution in [0, 0.1) is 0 Å². The molecule has 0 aromatic heterocycles. The van der Waals surface area contributed by atoms with Crippen LogP contribution < -0.4 is 4.90 Å². The second kappa shape index (κ2) is 6.39. The number of hydrogen-bond donors (Lipinski definition) is 1. The van der Waals surface area contributed by atoms with E-state index in [2.05, 4.69) is 14.3 Å². The Kier molecular flexibility index (Phi) is 4.18. The van der Waals surface area contributed by atoms with Crippen molar-refractivity contribution in [3.8, 4) is 0 Å². The van der Waals surface area contributed by atoms with Crippen LogP contribution in [0.5, 0.6) is 0 Å². The minimum absolute atomic E-state index is 0.412.